The van der Waals surface area contributed by atoms with Gasteiger partial charge in [0.25, 0.3) is 0 Å². The Balaban J connectivity index is 1.97. The fourth-order valence-corrected chi connectivity index (χ4v) is 4.60. The quantitative estimate of drug-likeness (QED) is 0.456. The number of allylic oxidation sites excluding steroid dienone is 1. The molecule has 11 heteroatoms. The van der Waals surface area contributed by atoms with Crippen LogP contribution in [0.3, 0.4) is 0 Å². The van der Waals surface area contributed by atoms with Crippen molar-refractivity contribution in [2.75, 3.05) is 19.1 Å². The first-order chi connectivity index (χ1) is 18.4. The molecule has 0 radical (unpaired) electrons. The van der Waals surface area contributed by atoms with E-state index in [0.717, 1.165) is 7.11 Å². The van der Waals surface area contributed by atoms with E-state index in [9.17, 15) is 14.9 Å². The van der Waals surface area contributed by atoms with Gasteiger partial charge in [0.1, 0.15) is 17.3 Å². The Morgan fingerprint density at radius 2 is 1.62 bits per heavy atom. The Bertz CT molecular complexity index is 1410. The summed E-state index contributed by atoms with van der Waals surface area (Å²) in [5, 5.41) is 10.2. The molecule has 2 N–H and O–H groups in total. The van der Waals surface area contributed by atoms with Crippen LogP contribution in [0.1, 0.15) is 39.2 Å². The van der Waals surface area contributed by atoms with Gasteiger partial charge in [0.2, 0.25) is 0 Å². The normalized spacial score (nSPS) is 20.1. The van der Waals surface area contributed by atoms with Crippen LogP contribution in [-0.4, -0.2) is 44.5 Å². The molecule has 1 atom stereocenters. The molecule has 0 aliphatic carbocycles. The summed E-state index contributed by atoms with van der Waals surface area (Å²) in [6.45, 7) is 7.35. The molecular formula is C28H29BFN3O6. The lowest BCUT2D eigenvalue weighted by Crippen LogP contribution is -2.42. The zero-order valence-electron chi connectivity index (χ0n) is 22.6. The average molecular weight is 533 g/mol. The molecule has 0 bridgehead atoms. The maximum Gasteiger partial charge on any atom is 0.497 e. The molecule has 2 heterocycles. The Hall–Kier alpha value is -4.14. The number of carbonyl (C=O) groups is 2. The molecule has 1 unspecified atom stereocenters. The lowest BCUT2D eigenvalue weighted by Gasteiger charge is -2.36. The summed E-state index contributed by atoms with van der Waals surface area (Å²) >= 11 is 0. The van der Waals surface area contributed by atoms with Crippen LogP contribution in [0.2, 0.25) is 0 Å². The summed E-state index contributed by atoms with van der Waals surface area (Å²) in [5.74, 6) is -3.53. The highest BCUT2D eigenvalue weighted by Gasteiger charge is 2.53. The predicted octanol–water partition coefficient (Wildman–Crippen LogP) is 3.02. The Labute approximate surface area is 226 Å². The van der Waals surface area contributed by atoms with Gasteiger partial charge in [-0.2, -0.15) is 5.26 Å². The SMILES string of the molecule is COC(=O)C1=C(C(=O)OC)N(c2ccc(F)c(B3OC(C)(C)C(C)(C)O3)c2)C(N)=C(C#N)C1c1ccccc1. The van der Waals surface area contributed by atoms with Crippen LogP contribution in [0.25, 0.3) is 0 Å². The van der Waals surface area contributed by atoms with E-state index < -0.39 is 42.0 Å². The van der Waals surface area contributed by atoms with Gasteiger partial charge >= 0.3 is 19.1 Å². The van der Waals surface area contributed by atoms with Gasteiger partial charge in [0, 0.05) is 11.2 Å². The average Bonchev–Trinajstić information content (AvgIpc) is 3.14. The monoisotopic (exact) mass is 533 g/mol. The van der Waals surface area contributed by atoms with Gasteiger partial charge in [0.05, 0.1) is 48.6 Å². The smallest absolute Gasteiger partial charge is 0.466 e. The molecule has 2 aromatic carbocycles. The largest absolute Gasteiger partial charge is 0.497 e. The summed E-state index contributed by atoms with van der Waals surface area (Å²) in [7, 11) is 1.25. The molecule has 2 aromatic rings. The maximum absolute atomic E-state index is 15.1. The molecular weight excluding hydrogens is 504 g/mol. The molecule has 1 saturated heterocycles. The molecule has 2 aliphatic rings. The van der Waals surface area contributed by atoms with E-state index in [1.807, 2.05) is 27.7 Å². The van der Waals surface area contributed by atoms with E-state index >= 15 is 4.39 Å². The van der Waals surface area contributed by atoms with Crippen LogP contribution in [0.4, 0.5) is 10.1 Å². The van der Waals surface area contributed by atoms with Crippen molar-refractivity contribution in [1.29, 1.82) is 5.26 Å². The zero-order valence-corrected chi connectivity index (χ0v) is 22.6. The number of methoxy groups -OCH3 is 2. The Morgan fingerprint density at radius 1 is 1.03 bits per heavy atom. The van der Waals surface area contributed by atoms with Gasteiger partial charge in [0.15, 0.2) is 0 Å². The minimum atomic E-state index is -1.07. The minimum absolute atomic E-state index is 0.00392. The molecule has 0 spiro atoms. The van der Waals surface area contributed by atoms with Crippen molar-refractivity contribution in [3.05, 3.63) is 82.6 Å². The number of nitrogens with two attached hydrogens (primary N) is 1. The lowest BCUT2D eigenvalue weighted by atomic mass is 9.77. The van der Waals surface area contributed by atoms with Crippen molar-refractivity contribution >= 4 is 30.2 Å². The van der Waals surface area contributed by atoms with E-state index in [2.05, 4.69) is 6.07 Å². The second-order valence-corrected chi connectivity index (χ2v) is 10.1. The number of ether oxygens (including phenoxy) is 2. The van der Waals surface area contributed by atoms with Crippen molar-refractivity contribution < 1.29 is 32.8 Å². The topological polar surface area (TPSA) is 124 Å². The van der Waals surface area contributed by atoms with Crippen molar-refractivity contribution in [2.24, 2.45) is 5.73 Å². The maximum atomic E-state index is 15.1. The summed E-state index contributed by atoms with van der Waals surface area (Å²) in [4.78, 5) is 27.7. The summed E-state index contributed by atoms with van der Waals surface area (Å²) < 4.78 is 37.3. The number of nitrogens with zero attached hydrogens (tertiary/aromatic N) is 2. The van der Waals surface area contributed by atoms with Gasteiger partial charge in [-0.1, -0.05) is 30.3 Å². The number of carbonyl (C=O) groups excluding carboxylic acids is 2. The second kappa shape index (κ2) is 10.2. The van der Waals surface area contributed by atoms with E-state index in [1.165, 1.54) is 30.2 Å². The number of anilines is 1. The summed E-state index contributed by atoms with van der Waals surface area (Å²) in [5.41, 5.74) is 5.41. The first-order valence-electron chi connectivity index (χ1n) is 12.2. The van der Waals surface area contributed by atoms with Gasteiger partial charge < -0.3 is 24.5 Å². The number of esters is 2. The highest BCUT2D eigenvalue weighted by molar-refractivity contribution is 6.62. The second-order valence-electron chi connectivity index (χ2n) is 10.1. The standard InChI is InChI=1S/C28H29BFN3O6/c1-27(2)28(3,4)39-29(38-27)19-14-17(12-13-20(19)30)33-23(26(35)37-6)22(25(34)36-5)21(18(15-31)24(33)32)16-10-8-7-9-11-16/h7-14,21H,32H2,1-6H3. The van der Waals surface area contributed by atoms with Crippen LogP contribution in [0.15, 0.2) is 71.2 Å². The van der Waals surface area contributed by atoms with Gasteiger partial charge in [-0.3, -0.25) is 4.90 Å². The van der Waals surface area contributed by atoms with Gasteiger partial charge in [-0.25, -0.2) is 14.0 Å². The van der Waals surface area contributed by atoms with Crippen LogP contribution in [0.5, 0.6) is 0 Å². The highest BCUT2D eigenvalue weighted by atomic mass is 19.1. The zero-order chi connectivity index (χ0) is 28.7. The lowest BCUT2D eigenvalue weighted by molar-refractivity contribution is -0.139. The highest BCUT2D eigenvalue weighted by Crippen LogP contribution is 2.43. The molecule has 9 nitrogen and oxygen atoms in total. The summed E-state index contributed by atoms with van der Waals surface area (Å²) in [6.07, 6.45) is 0. The number of rotatable bonds is 5. The number of benzene rings is 2. The molecule has 2 aliphatic heterocycles. The molecule has 0 aromatic heterocycles. The first kappa shape index (κ1) is 27.9. The number of hydrogen-bond acceptors (Lipinski definition) is 9. The number of nitriles is 1. The molecule has 0 amide bonds. The molecule has 0 saturated carbocycles. The van der Waals surface area contributed by atoms with E-state index in [1.54, 1.807) is 30.3 Å². The van der Waals surface area contributed by atoms with Crippen molar-refractivity contribution in [2.45, 2.75) is 44.8 Å². The first-order valence-corrected chi connectivity index (χ1v) is 12.2. The van der Waals surface area contributed by atoms with Crippen LogP contribution >= 0.6 is 0 Å². The van der Waals surface area contributed by atoms with Crippen molar-refractivity contribution in [3.8, 4) is 6.07 Å². The molecule has 39 heavy (non-hydrogen) atoms. The Morgan fingerprint density at radius 3 is 2.15 bits per heavy atom. The number of hydrogen-bond donors (Lipinski definition) is 1. The van der Waals surface area contributed by atoms with Crippen LogP contribution < -0.4 is 16.1 Å². The third-order valence-corrected chi connectivity index (χ3v) is 7.36. The minimum Gasteiger partial charge on any atom is -0.466 e. The molecule has 1 fully saturated rings. The van der Waals surface area contributed by atoms with Crippen LogP contribution in [-0.2, 0) is 28.4 Å². The molecule has 4 rings (SSSR count). The fraction of sp³-hybridized carbons (Fsp3) is 0.321. The summed E-state index contributed by atoms with van der Waals surface area (Å²) in [6, 6.07) is 14.7. The van der Waals surface area contributed by atoms with Crippen molar-refractivity contribution in [3.63, 3.8) is 0 Å². The van der Waals surface area contributed by atoms with Gasteiger partial charge in [-0.15, -0.1) is 0 Å². The number of halogens is 1. The van der Waals surface area contributed by atoms with Gasteiger partial charge in [-0.05, 0) is 51.5 Å². The van der Waals surface area contributed by atoms with Crippen molar-refractivity contribution in [1.82, 2.24) is 0 Å². The third kappa shape index (κ3) is 4.66. The van der Waals surface area contributed by atoms with E-state index in [-0.39, 0.29) is 33.8 Å². The predicted molar refractivity (Wildman–Crippen MR) is 142 cm³/mol. The fourth-order valence-electron chi connectivity index (χ4n) is 4.60. The van der Waals surface area contributed by atoms with E-state index in [0.29, 0.717) is 5.56 Å². The molecule has 202 valence electrons. The van der Waals surface area contributed by atoms with Crippen LogP contribution in [0, 0.1) is 17.1 Å². The third-order valence-electron chi connectivity index (χ3n) is 7.36. The Kier molecular flexibility index (Phi) is 7.30. The van der Waals surface area contributed by atoms with E-state index in [4.69, 9.17) is 24.5 Å².